The molecule has 0 saturated heterocycles. The molecule has 0 fully saturated rings. The summed E-state index contributed by atoms with van der Waals surface area (Å²) < 4.78 is 10.2. The Morgan fingerprint density at radius 1 is 1.33 bits per heavy atom. The summed E-state index contributed by atoms with van der Waals surface area (Å²) in [7, 11) is 1.59. The molecule has 1 unspecified atom stereocenters. The van der Waals surface area contributed by atoms with Crippen molar-refractivity contribution in [1.82, 2.24) is 15.5 Å². The normalized spacial score (nSPS) is 11.8. The van der Waals surface area contributed by atoms with Crippen LogP contribution < -0.4 is 10.1 Å². The monoisotopic (exact) mass is 333 g/mol. The maximum atomic E-state index is 11.7. The van der Waals surface area contributed by atoms with Crippen LogP contribution in [-0.4, -0.2) is 40.8 Å². The van der Waals surface area contributed by atoms with Crippen molar-refractivity contribution >= 4 is 11.9 Å². The minimum absolute atomic E-state index is 0.0924. The third kappa shape index (κ3) is 4.80. The van der Waals surface area contributed by atoms with Gasteiger partial charge in [0.1, 0.15) is 5.75 Å². The lowest BCUT2D eigenvalue weighted by molar-refractivity contribution is -0.141. The summed E-state index contributed by atoms with van der Waals surface area (Å²) >= 11 is 0. The van der Waals surface area contributed by atoms with E-state index in [0.717, 1.165) is 11.3 Å². The number of hydrogen-bond acceptors (Lipinski definition) is 6. The number of hydrogen-bond donors (Lipinski definition) is 2. The second-order valence-corrected chi connectivity index (χ2v) is 5.28. The summed E-state index contributed by atoms with van der Waals surface area (Å²) in [6, 6.07) is 7.21. The summed E-state index contributed by atoms with van der Waals surface area (Å²) in [5.41, 5.74) is 0.783. The van der Waals surface area contributed by atoms with E-state index in [0.29, 0.717) is 11.7 Å². The van der Waals surface area contributed by atoms with E-state index in [1.165, 1.54) is 6.92 Å². The van der Waals surface area contributed by atoms with Crippen molar-refractivity contribution in [3.8, 4) is 17.1 Å². The van der Waals surface area contributed by atoms with Crippen LogP contribution in [0.3, 0.4) is 0 Å². The molecule has 8 heteroatoms. The van der Waals surface area contributed by atoms with Crippen LogP contribution in [-0.2, 0) is 16.0 Å². The van der Waals surface area contributed by atoms with Gasteiger partial charge in [0.05, 0.1) is 13.0 Å². The number of carbonyl (C=O) groups excluding carboxylic acids is 1. The highest BCUT2D eigenvalue weighted by molar-refractivity contribution is 5.77. The predicted octanol–water partition coefficient (Wildman–Crippen LogP) is 1.51. The molecule has 2 N–H and O–H groups in total. The van der Waals surface area contributed by atoms with Crippen LogP contribution in [0.5, 0.6) is 5.75 Å². The summed E-state index contributed by atoms with van der Waals surface area (Å²) in [5.74, 6) is -0.313. The Labute approximate surface area is 138 Å². The zero-order chi connectivity index (χ0) is 17.5. The largest absolute Gasteiger partial charge is 0.497 e. The predicted molar refractivity (Wildman–Crippen MR) is 84.4 cm³/mol. The zero-order valence-corrected chi connectivity index (χ0v) is 13.5. The van der Waals surface area contributed by atoms with E-state index in [1.807, 2.05) is 12.1 Å². The molecule has 128 valence electrons. The maximum Gasteiger partial charge on any atom is 0.308 e. The van der Waals surface area contributed by atoms with Crippen molar-refractivity contribution in [2.45, 2.75) is 19.8 Å². The molecule has 1 atom stereocenters. The first-order chi connectivity index (χ1) is 11.5. The van der Waals surface area contributed by atoms with Crippen LogP contribution in [0.1, 0.15) is 19.2 Å². The van der Waals surface area contributed by atoms with Gasteiger partial charge in [0.2, 0.25) is 17.6 Å². The van der Waals surface area contributed by atoms with Crippen molar-refractivity contribution in [1.29, 1.82) is 0 Å². The number of rotatable bonds is 8. The number of ether oxygens (including phenoxy) is 1. The number of carboxylic acids is 1. The SMILES string of the molecule is COc1ccc(-c2noc(CCC(=O)NCC(C)C(=O)O)n2)cc1. The van der Waals surface area contributed by atoms with Gasteiger partial charge in [0.15, 0.2) is 0 Å². The van der Waals surface area contributed by atoms with E-state index in [9.17, 15) is 9.59 Å². The van der Waals surface area contributed by atoms with Crippen LogP contribution >= 0.6 is 0 Å². The van der Waals surface area contributed by atoms with Crippen LogP contribution in [0.2, 0.25) is 0 Å². The van der Waals surface area contributed by atoms with Gasteiger partial charge < -0.3 is 19.7 Å². The van der Waals surface area contributed by atoms with Gasteiger partial charge in [0.25, 0.3) is 0 Å². The lowest BCUT2D eigenvalue weighted by atomic mass is 10.2. The molecule has 2 aromatic rings. The first kappa shape index (κ1) is 17.5. The molecular formula is C16H19N3O5. The number of aliphatic carboxylic acids is 1. The van der Waals surface area contributed by atoms with E-state index in [4.69, 9.17) is 14.4 Å². The molecule has 24 heavy (non-hydrogen) atoms. The number of carboxylic acid groups (broad SMARTS) is 1. The number of carbonyl (C=O) groups is 2. The molecule has 0 radical (unpaired) electrons. The highest BCUT2D eigenvalue weighted by Crippen LogP contribution is 2.19. The molecule has 1 aromatic heterocycles. The van der Waals surface area contributed by atoms with Crippen molar-refractivity contribution < 1.29 is 24.0 Å². The fourth-order valence-corrected chi connectivity index (χ4v) is 1.88. The number of benzene rings is 1. The van der Waals surface area contributed by atoms with E-state index < -0.39 is 11.9 Å². The van der Waals surface area contributed by atoms with Gasteiger partial charge in [-0.1, -0.05) is 12.1 Å². The summed E-state index contributed by atoms with van der Waals surface area (Å²) in [4.78, 5) is 26.6. The van der Waals surface area contributed by atoms with Gasteiger partial charge in [-0.25, -0.2) is 0 Å². The summed E-state index contributed by atoms with van der Waals surface area (Å²) in [6.07, 6.45) is 0.438. The lowest BCUT2D eigenvalue weighted by Crippen LogP contribution is -2.31. The average molecular weight is 333 g/mol. The number of nitrogens with zero attached hydrogens (tertiary/aromatic N) is 2. The highest BCUT2D eigenvalue weighted by Gasteiger charge is 2.14. The fourth-order valence-electron chi connectivity index (χ4n) is 1.88. The number of aryl methyl sites for hydroxylation is 1. The smallest absolute Gasteiger partial charge is 0.308 e. The molecular weight excluding hydrogens is 314 g/mol. The van der Waals surface area contributed by atoms with Crippen LogP contribution in [0.15, 0.2) is 28.8 Å². The third-order valence-corrected chi connectivity index (χ3v) is 3.41. The molecule has 0 saturated carbocycles. The Morgan fingerprint density at radius 3 is 2.67 bits per heavy atom. The van der Waals surface area contributed by atoms with Gasteiger partial charge in [-0.2, -0.15) is 4.98 Å². The zero-order valence-electron chi connectivity index (χ0n) is 13.5. The van der Waals surface area contributed by atoms with Crippen LogP contribution in [0.25, 0.3) is 11.4 Å². The Hall–Kier alpha value is -2.90. The van der Waals surface area contributed by atoms with Gasteiger partial charge in [-0.3, -0.25) is 9.59 Å². The second-order valence-electron chi connectivity index (χ2n) is 5.28. The molecule has 1 aromatic carbocycles. The summed E-state index contributed by atoms with van der Waals surface area (Å²) in [6.45, 7) is 1.62. The molecule has 0 aliphatic rings. The summed E-state index contributed by atoms with van der Waals surface area (Å²) in [5, 5.41) is 15.2. The molecule has 0 spiro atoms. The highest BCUT2D eigenvalue weighted by atomic mass is 16.5. The number of amides is 1. The molecule has 0 aliphatic heterocycles. The Morgan fingerprint density at radius 2 is 2.04 bits per heavy atom. The van der Waals surface area contributed by atoms with Gasteiger partial charge in [-0.05, 0) is 24.3 Å². The van der Waals surface area contributed by atoms with Gasteiger partial charge >= 0.3 is 5.97 Å². The first-order valence-corrected chi connectivity index (χ1v) is 7.46. The maximum absolute atomic E-state index is 11.7. The van der Waals surface area contributed by atoms with Gasteiger partial charge in [-0.15, -0.1) is 0 Å². The average Bonchev–Trinajstić information content (AvgIpc) is 3.06. The van der Waals surface area contributed by atoms with Crippen molar-refractivity contribution in [2.75, 3.05) is 13.7 Å². The lowest BCUT2D eigenvalue weighted by Gasteiger charge is -2.07. The van der Waals surface area contributed by atoms with Crippen molar-refractivity contribution in [3.05, 3.63) is 30.2 Å². The fraction of sp³-hybridized carbons (Fsp3) is 0.375. The third-order valence-electron chi connectivity index (χ3n) is 3.41. The first-order valence-electron chi connectivity index (χ1n) is 7.46. The number of nitrogens with one attached hydrogen (secondary N) is 1. The number of aromatic nitrogens is 2. The van der Waals surface area contributed by atoms with E-state index in [-0.39, 0.29) is 25.3 Å². The van der Waals surface area contributed by atoms with E-state index >= 15 is 0 Å². The minimum atomic E-state index is -0.948. The Kier molecular flexibility index (Phi) is 5.89. The molecule has 8 nitrogen and oxygen atoms in total. The molecule has 0 aliphatic carbocycles. The second kappa shape index (κ2) is 8.09. The Balaban J connectivity index is 1.85. The van der Waals surface area contributed by atoms with Gasteiger partial charge in [0, 0.05) is 24.9 Å². The van der Waals surface area contributed by atoms with E-state index in [1.54, 1.807) is 19.2 Å². The van der Waals surface area contributed by atoms with E-state index in [2.05, 4.69) is 15.5 Å². The quantitative estimate of drug-likeness (QED) is 0.752. The minimum Gasteiger partial charge on any atom is -0.497 e. The standard InChI is InChI=1S/C16H19N3O5/c1-10(16(21)22)9-17-13(20)7-8-14-18-15(19-24-14)11-3-5-12(23-2)6-4-11/h3-6,10H,7-9H2,1-2H3,(H,17,20)(H,21,22). The van der Waals surface area contributed by atoms with Crippen molar-refractivity contribution in [2.24, 2.45) is 5.92 Å². The molecule has 0 bridgehead atoms. The molecule has 1 amide bonds. The number of methoxy groups -OCH3 is 1. The Bertz CT molecular complexity index is 696. The topological polar surface area (TPSA) is 115 Å². The van der Waals surface area contributed by atoms with Crippen molar-refractivity contribution in [3.63, 3.8) is 0 Å². The molecule has 2 rings (SSSR count). The van der Waals surface area contributed by atoms with Crippen LogP contribution in [0, 0.1) is 5.92 Å². The molecule has 1 heterocycles. The van der Waals surface area contributed by atoms with Crippen LogP contribution in [0.4, 0.5) is 0 Å².